The van der Waals surface area contributed by atoms with Crippen LogP contribution < -0.4 is 5.32 Å². The fraction of sp³-hybridized carbons (Fsp3) is 0.200. The second kappa shape index (κ2) is 14.0. The monoisotopic (exact) mass is 621 g/mol. The minimum Gasteiger partial charge on any atom is -0.478 e. The molecule has 3 atom stereocenters. The number of carboxylic acids is 1. The summed E-state index contributed by atoms with van der Waals surface area (Å²) in [6.45, 7) is 0.268. The van der Waals surface area contributed by atoms with Crippen molar-refractivity contribution in [1.29, 1.82) is 0 Å². The van der Waals surface area contributed by atoms with Crippen LogP contribution in [0.4, 0.5) is 0 Å². The molecule has 1 fully saturated rings. The second-order valence-electron chi connectivity index (χ2n) is 10.6. The largest absolute Gasteiger partial charge is 0.478 e. The summed E-state index contributed by atoms with van der Waals surface area (Å²) < 4.78 is 12.8. The third kappa shape index (κ3) is 7.38. The van der Waals surface area contributed by atoms with E-state index in [1.807, 2.05) is 78.9 Å². The molecule has 4 aromatic carbocycles. The van der Waals surface area contributed by atoms with E-state index in [1.165, 1.54) is 18.0 Å². The lowest BCUT2D eigenvalue weighted by atomic mass is 10.0. The zero-order valence-electron chi connectivity index (χ0n) is 24.2. The number of aliphatic hydroxyl groups is 1. The zero-order chi connectivity index (χ0) is 31.2. The smallest absolute Gasteiger partial charge is 0.336 e. The Morgan fingerprint density at radius 3 is 2.29 bits per heavy atom. The van der Waals surface area contributed by atoms with E-state index in [2.05, 4.69) is 15.3 Å². The summed E-state index contributed by atoms with van der Waals surface area (Å²) in [5.74, 6) is -0.736. The summed E-state index contributed by atoms with van der Waals surface area (Å²) in [4.78, 5) is 33.9. The number of hydrogen-bond acceptors (Lipinski definition) is 8. The Morgan fingerprint density at radius 2 is 1.53 bits per heavy atom. The van der Waals surface area contributed by atoms with Gasteiger partial charge in [-0.15, -0.1) is 11.8 Å². The van der Waals surface area contributed by atoms with Crippen LogP contribution in [0.1, 0.15) is 61.9 Å². The van der Waals surface area contributed by atoms with Crippen molar-refractivity contribution < 1.29 is 29.3 Å². The number of thioether (sulfide) groups is 1. The molecule has 5 aromatic rings. The first-order chi connectivity index (χ1) is 22.0. The van der Waals surface area contributed by atoms with Crippen LogP contribution in [0.2, 0.25) is 0 Å². The Balaban J connectivity index is 1.14. The van der Waals surface area contributed by atoms with Crippen molar-refractivity contribution in [1.82, 2.24) is 15.3 Å². The molecule has 0 saturated carbocycles. The topological polar surface area (TPSA) is 131 Å². The van der Waals surface area contributed by atoms with Crippen molar-refractivity contribution in [2.45, 2.75) is 43.0 Å². The summed E-state index contributed by atoms with van der Waals surface area (Å²) in [7, 11) is 0. The molecule has 2 heterocycles. The molecule has 1 amide bonds. The van der Waals surface area contributed by atoms with Gasteiger partial charge in [-0.25, -0.2) is 9.78 Å². The molecule has 45 heavy (non-hydrogen) atoms. The number of aliphatic hydroxyl groups excluding tert-OH is 1. The first kappa shape index (κ1) is 30.4. The Morgan fingerprint density at radius 1 is 0.844 bits per heavy atom. The van der Waals surface area contributed by atoms with Gasteiger partial charge in [-0.05, 0) is 41.0 Å². The van der Waals surface area contributed by atoms with Gasteiger partial charge in [-0.3, -0.25) is 9.78 Å². The second-order valence-corrected chi connectivity index (χ2v) is 11.7. The van der Waals surface area contributed by atoms with Gasteiger partial charge in [0.15, 0.2) is 6.29 Å². The number of ether oxygens (including phenoxy) is 2. The Labute approximate surface area is 264 Å². The first-order valence-corrected chi connectivity index (χ1v) is 15.5. The minimum atomic E-state index is -0.966. The van der Waals surface area contributed by atoms with E-state index in [0.29, 0.717) is 29.1 Å². The summed E-state index contributed by atoms with van der Waals surface area (Å²) in [5, 5.41) is 22.0. The van der Waals surface area contributed by atoms with Crippen molar-refractivity contribution in [2.75, 3.05) is 5.75 Å². The van der Waals surface area contributed by atoms with E-state index in [4.69, 9.17) is 9.47 Å². The number of nitrogens with zero attached hydrogens (tertiary/aromatic N) is 2. The van der Waals surface area contributed by atoms with E-state index in [9.17, 15) is 19.8 Å². The average molecular weight is 622 g/mol. The number of hydrogen-bond donors (Lipinski definition) is 3. The fourth-order valence-corrected chi connectivity index (χ4v) is 6.17. The number of fused-ring (bicyclic) bond motifs is 1. The minimum absolute atomic E-state index is 0.0394. The van der Waals surface area contributed by atoms with E-state index >= 15 is 0 Å². The molecular weight excluding hydrogens is 590 g/mol. The van der Waals surface area contributed by atoms with Gasteiger partial charge in [0.1, 0.15) is 5.69 Å². The SMILES string of the molecule is O=C(NCc1ccc(C2OC(CSc3ccccc3C(=O)O)CC(c3ccc(CO)cc3)O2)cc1)c1cnc2ccccc2n1. The number of amides is 1. The van der Waals surface area contributed by atoms with Gasteiger partial charge >= 0.3 is 5.97 Å². The highest BCUT2D eigenvalue weighted by Gasteiger charge is 2.32. The van der Waals surface area contributed by atoms with Crippen LogP contribution >= 0.6 is 11.8 Å². The maximum atomic E-state index is 12.7. The fourth-order valence-electron chi connectivity index (χ4n) is 5.11. The maximum Gasteiger partial charge on any atom is 0.336 e. The molecule has 0 bridgehead atoms. The summed E-state index contributed by atoms with van der Waals surface area (Å²) in [5.41, 5.74) is 5.40. The lowest BCUT2D eigenvalue weighted by Gasteiger charge is -2.36. The molecule has 0 spiro atoms. The predicted octanol–water partition coefficient (Wildman–Crippen LogP) is 6.09. The van der Waals surface area contributed by atoms with Crippen molar-refractivity contribution >= 4 is 34.7 Å². The van der Waals surface area contributed by atoms with Crippen LogP contribution in [0.25, 0.3) is 11.0 Å². The van der Waals surface area contributed by atoms with E-state index < -0.39 is 12.3 Å². The molecule has 10 heteroatoms. The van der Waals surface area contributed by atoms with Gasteiger partial charge in [0, 0.05) is 29.2 Å². The zero-order valence-corrected chi connectivity index (χ0v) is 25.0. The van der Waals surface area contributed by atoms with Crippen molar-refractivity contribution in [3.8, 4) is 0 Å². The molecule has 9 nitrogen and oxygen atoms in total. The van der Waals surface area contributed by atoms with E-state index in [-0.39, 0.29) is 36.0 Å². The Bertz CT molecular complexity index is 1800. The van der Waals surface area contributed by atoms with Gasteiger partial charge in [-0.2, -0.15) is 0 Å². The van der Waals surface area contributed by atoms with Gasteiger partial charge in [-0.1, -0.05) is 72.8 Å². The number of aromatic carboxylic acids is 1. The molecule has 1 aromatic heterocycles. The normalized spacial score (nSPS) is 18.0. The number of rotatable bonds is 10. The van der Waals surface area contributed by atoms with E-state index in [1.54, 1.807) is 18.2 Å². The number of aromatic nitrogens is 2. The summed E-state index contributed by atoms with van der Waals surface area (Å²) >= 11 is 1.45. The van der Waals surface area contributed by atoms with Gasteiger partial charge < -0.3 is 25.0 Å². The predicted molar refractivity (Wildman–Crippen MR) is 170 cm³/mol. The molecule has 1 aliphatic heterocycles. The quantitative estimate of drug-likeness (QED) is 0.159. The van der Waals surface area contributed by atoms with E-state index in [0.717, 1.165) is 27.8 Å². The van der Waals surface area contributed by atoms with Crippen LogP contribution in [0.3, 0.4) is 0 Å². The van der Waals surface area contributed by atoms with Crippen LogP contribution in [-0.4, -0.2) is 43.9 Å². The maximum absolute atomic E-state index is 12.7. The van der Waals surface area contributed by atoms with Crippen molar-refractivity contribution in [3.63, 3.8) is 0 Å². The first-order valence-electron chi connectivity index (χ1n) is 14.5. The van der Waals surface area contributed by atoms with Gasteiger partial charge in [0.2, 0.25) is 0 Å². The molecule has 3 unspecified atom stereocenters. The molecular formula is C35H31N3O6S. The van der Waals surface area contributed by atoms with Crippen molar-refractivity contribution in [3.05, 3.63) is 137 Å². The van der Waals surface area contributed by atoms with Gasteiger partial charge in [0.05, 0.1) is 41.6 Å². The number of carbonyl (C=O) groups excluding carboxylic acids is 1. The third-order valence-corrected chi connectivity index (χ3v) is 8.75. The molecule has 1 aliphatic rings. The number of carbonyl (C=O) groups is 2. The Kier molecular flexibility index (Phi) is 9.46. The molecule has 228 valence electrons. The molecule has 6 rings (SSSR count). The standard InChI is InChI=1S/C35H31N3O6S/c39-20-23-11-13-24(14-12-23)31-17-26(21-45-32-8-4-1-5-27(32)34(41)42)43-35(44-31)25-15-9-22(10-16-25)18-37-33(40)30-19-36-28-6-2-3-7-29(28)38-30/h1-16,19,26,31,35,39H,17-18,20-21H2,(H,37,40)(H,41,42). The number of benzene rings is 4. The highest BCUT2D eigenvalue weighted by molar-refractivity contribution is 7.99. The number of para-hydroxylation sites is 2. The van der Waals surface area contributed by atoms with Crippen LogP contribution in [0.5, 0.6) is 0 Å². The molecule has 3 N–H and O–H groups in total. The lowest BCUT2D eigenvalue weighted by molar-refractivity contribution is -0.245. The number of carboxylic acid groups (broad SMARTS) is 1. The molecule has 0 aliphatic carbocycles. The van der Waals surface area contributed by atoms with Crippen molar-refractivity contribution in [2.24, 2.45) is 0 Å². The third-order valence-electron chi connectivity index (χ3n) is 7.54. The van der Waals surface area contributed by atoms with Crippen LogP contribution in [0.15, 0.2) is 108 Å². The average Bonchev–Trinajstić information content (AvgIpc) is 3.09. The summed E-state index contributed by atoms with van der Waals surface area (Å²) in [6.07, 6.45) is 0.914. The highest BCUT2D eigenvalue weighted by Crippen LogP contribution is 2.39. The summed E-state index contributed by atoms with van der Waals surface area (Å²) in [6, 6.07) is 29.7. The Hall–Kier alpha value is -4.61. The lowest BCUT2D eigenvalue weighted by Crippen LogP contribution is -2.31. The van der Waals surface area contributed by atoms with Crippen LogP contribution in [-0.2, 0) is 22.6 Å². The molecule has 1 saturated heterocycles. The molecule has 0 radical (unpaired) electrons. The van der Waals surface area contributed by atoms with Crippen LogP contribution in [0, 0.1) is 0 Å². The highest BCUT2D eigenvalue weighted by atomic mass is 32.2. The van der Waals surface area contributed by atoms with Gasteiger partial charge in [0.25, 0.3) is 5.91 Å². The number of nitrogens with one attached hydrogen (secondary N) is 1.